The zero-order chi connectivity index (χ0) is 15.7. The van der Waals surface area contributed by atoms with Gasteiger partial charge in [0.1, 0.15) is 12.4 Å². The van der Waals surface area contributed by atoms with Crippen LogP contribution < -0.4 is 10.1 Å². The van der Waals surface area contributed by atoms with Crippen molar-refractivity contribution >= 4 is 18.2 Å². The maximum absolute atomic E-state index is 11.5. The molecule has 0 spiro atoms. The van der Waals surface area contributed by atoms with Gasteiger partial charge in [-0.3, -0.25) is 9.59 Å². The van der Waals surface area contributed by atoms with E-state index in [4.69, 9.17) is 9.47 Å². The largest absolute Gasteiger partial charge is 0.489 e. The Balaban J connectivity index is 2.69. The molecule has 0 saturated heterocycles. The van der Waals surface area contributed by atoms with E-state index in [1.54, 1.807) is 13.0 Å². The highest BCUT2D eigenvalue weighted by Gasteiger charge is 2.08. The van der Waals surface area contributed by atoms with Crippen molar-refractivity contribution in [3.8, 4) is 5.75 Å². The van der Waals surface area contributed by atoms with Crippen LogP contribution in [0.15, 0.2) is 30.4 Å². The standard InChI is InChI=1S/C15H17NO5/c1-3-20-14(18)5-4-8-21-13-7-6-11(15(19)16-2)9-12(13)10-17/h4-7,9-10H,3,8H2,1-2H3,(H,16,19)/b5-4+. The summed E-state index contributed by atoms with van der Waals surface area (Å²) in [6, 6.07) is 4.53. The van der Waals surface area contributed by atoms with Gasteiger partial charge in [0, 0.05) is 18.7 Å². The predicted octanol–water partition coefficient (Wildman–Crippen LogP) is 1.36. The monoisotopic (exact) mass is 291 g/mol. The number of benzene rings is 1. The molecule has 1 aromatic carbocycles. The molecule has 1 amide bonds. The minimum atomic E-state index is -0.452. The van der Waals surface area contributed by atoms with Crippen LogP contribution in [0.5, 0.6) is 5.75 Å². The summed E-state index contributed by atoms with van der Waals surface area (Å²) in [5.41, 5.74) is 0.634. The first-order chi connectivity index (χ1) is 10.1. The molecule has 0 aliphatic rings. The van der Waals surface area contributed by atoms with Gasteiger partial charge in [0.2, 0.25) is 0 Å². The number of aldehydes is 1. The van der Waals surface area contributed by atoms with Crippen LogP contribution >= 0.6 is 0 Å². The second-order valence-electron chi connectivity index (χ2n) is 3.92. The molecule has 0 unspecified atom stereocenters. The second-order valence-corrected chi connectivity index (χ2v) is 3.92. The van der Waals surface area contributed by atoms with Crippen LogP contribution in [0.1, 0.15) is 27.6 Å². The molecule has 0 aromatic heterocycles. The molecule has 0 heterocycles. The van der Waals surface area contributed by atoms with Gasteiger partial charge < -0.3 is 14.8 Å². The van der Waals surface area contributed by atoms with Crippen molar-refractivity contribution in [3.05, 3.63) is 41.5 Å². The lowest BCUT2D eigenvalue weighted by Crippen LogP contribution is -2.18. The fraction of sp³-hybridized carbons (Fsp3) is 0.267. The van der Waals surface area contributed by atoms with Gasteiger partial charge in [0.15, 0.2) is 6.29 Å². The van der Waals surface area contributed by atoms with E-state index in [0.717, 1.165) is 0 Å². The molecule has 0 aliphatic heterocycles. The minimum Gasteiger partial charge on any atom is -0.489 e. The number of ether oxygens (including phenoxy) is 2. The Bertz CT molecular complexity index is 551. The predicted molar refractivity (Wildman–Crippen MR) is 76.5 cm³/mol. The van der Waals surface area contributed by atoms with Crippen LogP contribution in [-0.4, -0.2) is 38.4 Å². The highest BCUT2D eigenvalue weighted by atomic mass is 16.5. The van der Waals surface area contributed by atoms with E-state index in [9.17, 15) is 14.4 Å². The third-order valence-electron chi connectivity index (χ3n) is 2.50. The molecular formula is C15H17NO5. The van der Waals surface area contributed by atoms with Crippen molar-refractivity contribution in [2.24, 2.45) is 0 Å². The van der Waals surface area contributed by atoms with Crippen LogP contribution in [0, 0.1) is 0 Å². The molecule has 0 fully saturated rings. The Labute approximate surface area is 122 Å². The molecular weight excluding hydrogens is 274 g/mol. The number of rotatable bonds is 7. The van der Waals surface area contributed by atoms with Crippen LogP contribution in [0.25, 0.3) is 0 Å². The summed E-state index contributed by atoms with van der Waals surface area (Å²) < 4.78 is 10.1. The van der Waals surface area contributed by atoms with Crippen molar-refractivity contribution in [1.82, 2.24) is 5.32 Å². The van der Waals surface area contributed by atoms with Crippen molar-refractivity contribution < 1.29 is 23.9 Å². The fourth-order valence-electron chi connectivity index (χ4n) is 1.53. The van der Waals surface area contributed by atoms with E-state index in [-0.39, 0.29) is 18.1 Å². The maximum Gasteiger partial charge on any atom is 0.330 e. The van der Waals surface area contributed by atoms with E-state index >= 15 is 0 Å². The highest BCUT2D eigenvalue weighted by Crippen LogP contribution is 2.18. The smallest absolute Gasteiger partial charge is 0.330 e. The lowest BCUT2D eigenvalue weighted by molar-refractivity contribution is -0.137. The molecule has 1 aromatic rings. The summed E-state index contributed by atoms with van der Waals surface area (Å²) in [5.74, 6) is -0.398. The van der Waals surface area contributed by atoms with Gasteiger partial charge in [0.25, 0.3) is 5.91 Å². The number of nitrogens with one attached hydrogen (secondary N) is 1. The van der Waals surface area contributed by atoms with Crippen molar-refractivity contribution in [2.45, 2.75) is 6.92 Å². The van der Waals surface area contributed by atoms with Crippen molar-refractivity contribution in [1.29, 1.82) is 0 Å². The quantitative estimate of drug-likeness (QED) is 0.466. The molecule has 0 aliphatic carbocycles. The van der Waals surface area contributed by atoms with Gasteiger partial charge in [0.05, 0.1) is 12.2 Å². The molecule has 6 heteroatoms. The van der Waals surface area contributed by atoms with Crippen molar-refractivity contribution in [3.63, 3.8) is 0 Å². The fourth-order valence-corrected chi connectivity index (χ4v) is 1.53. The van der Waals surface area contributed by atoms with E-state index in [1.165, 1.54) is 31.3 Å². The topological polar surface area (TPSA) is 81.7 Å². The van der Waals surface area contributed by atoms with Gasteiger partial charge in [-0.05, 0) is 31.2 Å². The third-order valence-corrected chi connectivity index (χ3v) is 2.50. The minimum absolute atomic E-state index is 0.110. The second kappa shape index (κ2) is 8.52. The average molecular weight is 291 g/mol. The SMILES string of the molecule is CCOC(=O)/C=C/COc1ccc(C(=O)NC)cc1C=O. The number of hydrogen-bond acceptors (Lipinski definition) is 5. The number of esters is 1. The first-order valence-corrected chi connectivity index (χ1v) is 6.39. The Morgan fingerprint density at radius 3 is 2.71 bits per heavy atom. The summed E-state index contributed by atoms with van der Waals surface area (Å²) in [4.78, 5) is 33.5. The van der Waals surface area contributed by atoms with E-state index < -0.39 is 5.97 Å². The van der Waals surface area contributed by atoms with Gasteiger partial charge in [-0.25, -0.2) is 4.79 Å². The molecule has 0 atom stereocenters. The Hall–Kier alpha value is -2.63. The molecule has 112 valence electrons. The van der Waals surface area contributed by atoms with Crippen LogP contribution in [0.2, 0.25) is 0 Å². The van der Waals surface area contributed by atoms with E-state index in [2.05, 4.69) is 5.32 Å². The Kier molecular flexibility index (Phi) is 6.67. The normalized spacial score (nSPS) is 10.2. The molecule has 0 bridgehead atoms. The molecule has 6 nitrogen and oxygen atoms in total. The average Bonchev–Trinajstić information content (AvgIpc) is 2.51. The van der Waals surface area contributed by atoms with Crippen LogP contribution in [0.4, 0.5) is 0 Å². The lowest BCUT2D eigenvalue weighted by atomic mass is 10.1. The van der Waals surface area contributed by atoms with E-state index in [1.807, 2.05) is 0 Å². The van der Waals surface area contributed by atoms with Gasteiger partial charge in [-0.1, -0.05) is 0 Å². The van der Waals surface area contributed by atoms with Crippen LogP contribution in [-0.2, 0) is 9.53 Å². The zero-order valence-electron chi connectivity index (χ0n) is 11.9. The maximum atomic E-state index is 11.5. The zero-order valence-corrected chi connectivity index (χ0v) is 11.9. The lowest BCUT2D eigenvalue weighted by Gasteiger charge is -2.08. The number of carbonyl (C=O) groups excluding carboxylic acids is 3. The molecule has 1 N–H and O–H groups in total. The first-order valence-electron chi connectivity index (χ1n) is 6.39. The number of hydrogen-bond donors (Lipinski definition) is 1. The van der Waals surface area contributed by atoms with Crippen LogP contribution in [0.3, 0.4) is 0 Å². The summed E-state index contributed by atoms with van der Waals surface area (Å²) in [7, 11) is 1.51. The molecule has 1 rings (SSSR count). The van der Waals surface area contributed by atoms with Gasteiger partial charge >= 0.3 is 5.97 Å². The van der Waals surface area contributed by atoms with Crippen molar-refractivity contribution in [2.75, 3.05) is 20.3 Å². The summed E-state index contributed by atoms with van der Waals surface area (Å²) in [6.45, 7) is 2.13. The van der Waals surface area contributed by atoms with Gasteiger partial charge in [-0.2, -0.15) is 0 Å². The Morgan fingerprint density at radius 2 is 2.10 bits per heavy atom. The summed E-state index contributed by atoms with van der Waals surface area (Å²) in [5, 5.41) is 2.47. The number of amides is 1. The molecule has 21 heavy (non-hydrogen) atoms. The summed E-state index contributed by atoms with van der Waals surface area (Å²) >= 11 is 0. The first kappa shape index (κ1) is 16.4. The Morgan fingerprint density at radius 1 is 1.33 bits per heavy atom. The van der Waals surface area contributed by atoms with Gasteiger partial charge in [-0.15, -0.1) is 0 Å². The molecule has 0 radical (unpaired) electrons. The highest BCUT2D eigenvalue weighted by molar-refractivity contribution is 5.96. The van der Waals surface area contributed by atoms with E-state index in [0.29, 0.717) is 24.2 Å². The summed E-state index contributed by atoms with van der Waals surface area (Å²) in [6.07, 6.45) is 3.35. The number of carbonyl (C=O) groups is 3. The molecule has 0 saturated carbocycles. The third kappa shape index (κ3) is 5.10.